The van der Waals surface area contributed by atoms with Gasteiger partial charge in [0.15, 0.2) is 0 Å². The molecule has 0 unspecified atom stereocenters. The van der Waals surface area contributed by atoms with E-state index in [1.165, 1.54) is 0 Å². The highest BCUT2D eigenvalue weighted by Gasteiger charge is 2.15. The predicted octanol–water partition coefficient (Wildman–Crippen LogP) is 2.89. The molecule has 1 aromatic heterocycles. The first-order chi connectivity index (χ1) is 11.3. The van der Waals surface area contributed by atoms with Gasteiger partial charge in [0.05, 0.1) is 13.2 Å². The molecule has 0 radical (unpaired) electrons. The monoisotopic (exact) mass is 309 g/mol. The van der Waals surface area contributed by atoms with Crippen molar-refractivity contribution in [1.82, 2.24) is 9.88 Å². The van der Waals surface area contributed by atoms with Crippen molar-refractivity contribution < 1.29 is 9.47 Å². The Kier molecular flexibility index (Phi) is 4.86. The van der Waals surface area contributed by atoms with E-state index in [1.54, 1.807) is 6.07 Å². The average molecular weight is 309 g/mol. The van der Waals surface area contributed by atoms with E-state index < -0.39 is 0 Å². The normalized spacial score (nSPS) is 15.1. The van der Waals surface area contributed by atoms with Crippen molar-refractivity contribution in [2.45, 2.75) is 13.5 Å². The first-order valence-corrected chi connectivity index (χ1v) is 7.70. The number of nitriles is 1. The van der Waals surface area contributed by atoms with E-state index in [2.05, 4.69) is 16.0 Å². The van der Waals surface area contributed by atoms with E-state index in [1.807, 2.05) is 37.3 Å². The van der Waals surface area contributed by atoms with Crippen LogP contribution in [0.1, 0.15) is 16.8 Å². The van der Waals surface area contributed by atoms with Crippen LogP contribution in [-0.4, -0.2) is 36.2 Å². The smallest absolute Gasteiger partial charge is 0.237 e. The number of para-hydroxylation sites is 1. The Morgan fingerprint density at radius 2 is 2.00 bits per heavy atom. The number of nitrogens with zero attached hydrogens (tertiary/aromatic N) is 3. The first kappa shape index (κ1) is 15.5. The molecule has 1 saturated heterocycles. The van der Waals surface area contributed by atoms with Gasteiger partial charge in [0.2, 0.25) is 5.88 Å². The van der Waals surface area contributed by atoms with Crippen LogP contribution < -0.4 is 4.74 Å². The Morgan fingerprint density at radius 3 is 2.78 bits per heavy atom. The van der Waals surface area contributed by atoms with Crippen molar-refractivity contribution in [2.24, 2.45) is 0 Å². The molecule has 23 heavy (non-hydrogen) atoms. The molecule has 0 amide bonds. The molecule has 5 nitrogen and oxygen atoms in total. The van der Waals surface area contributed by atoms with Gasteiger partial charge in [-0.1, -0.05) is 18.2 Å². The molecule has 1 aliphatic rings. The summed E-state index contributed by atoms with van der Waals surface area (Å²) in [7, 11) is 0. The van der Waals surface area contributed by atoms with E-state index in [4.69, 9.17) is 9.47 Å². The molecule has 0 saturated carbocycles. The van der Waals surface area contributed by atoms with E-state index >= 15 is 0 Å². The number of ether oxygens (including phenoxy) is 2. The number of aryl methyl sites for hydroxylation is 1. The maximum atomic E-state index is 9.23. The van der Waals surface area contributed by atoms with Gasteiger partial charge in [-0.15, -0.1) is 0 Å². The fourth-order valence-corrected chi connectivity index (χ4v) is 2.53. The number of benzene rings is 1. The van der Waals surface area contributed by atoms with Crippen LogP contribution in [0.2, 0.25) is 0 Å². The van der Waals surface area contributed by atoms with Crippen LogP contribution in [0.25, 0.3) is 0 Å². The zero-order valence-electron chi connectivity index (χ0n) is 13.2. The van der Waals surface area contributed by atoms with Gasteiger partial charge in [-0.2, -0.15) is 5.26 Å². The largest absolute Gasteiger partial charge is 0.437 e. The number of hydrogen-bond donors (Lipinski definition) is 0. The van der Waals surface area contributed by atoms with Crippen LogP contribution in [0, 0.1) is 18.3 Å². The summed E-state index contributed by atoms with van der Waals surface area (Å²) in [5.74, 6) is 1.11. The van der Waals surface area contributed by atoms with E-state index in [0.29, 0.717) is 11.4 Å². The number of pyridine rings is 1. The molecular formula is C18H19N3O2. The minimum absolute atomic E-state index is 0.363. The van der Waals surface area contributed by atoms with Gasteiger partial charge in [-0.05, 0) is 25.1 Å². The Morgan fingerprint density at radius 1 is 1.22 bits per heavy atom. The highest BCUT2D eigenvalue weighted by molar-refractivity contribution is 5.43. The summed E-state index contributed by atoms with van der Waals surface area (Å²) in [6.45, 7) is 6.05. The van der Waals surface area contributed by atoms with Crippen LogP contribution in [0.5, 0.6) is 11.6 Å². The second-order valence-corrected chi connectivity index (χ2v) is 5.52. The topological polar surface area (TPSA) is 58.4 Å². The molecule has 3 rings (SSSR count). The van der Waals surface area contributed by atoms with Crippen molar-refractivity contribution >= 4 is 0 Å². The summed E-state index contributed by atoms with van der Waals surface area (Å²) >= 11 is 0. The third-order valence-corrected chi connectivity index (χ3v) is 3.80. The van der Waals surface area contributed by atoms with Crippen molar-refractivity contribution in [3.05, 3.63) is 53.2 Å². The fraction of sp³-hybridized carbons (Fsp3) is 0.333. The van der Waals surface area contributed by atoms with E-state index in [0.717, 1.165) is 49.9 Å². The maximum Gasteiger partial charge on any atom is 0.237 e. The average Bonchev–Trinajstić information content (AvgIpc) is 2.58. The standard InChI is InChI=1S/C18H19N3O2/c1-14-6-7-15(12-19)18(20-14)23-17-5-3-2-4-16(17)13-21-8-10-22-11-9-21/h2-7H,8-11,13H2,1H3. The Hall–Kier alpha value is -2.42. The summed E-state index contributed by atoms with van der Waals surface area (Å²) in [4.78, 5) is 6.68. The SMILES string of the molecule is Cc1ccc(C#N)c(Oc2ccccc2CN2CCOCC2)n1. The van der Waals surface area contributed by atoms with Gasteiger partial charge < -0.3 is 9.47 Å². The number of morpholine rings is 1. The lowest BCUT2D eigenvalue weighted by Gasteiger charge is -2.27. The molecule has 1 aromatic carbocycles. The van der Waals surface area contributed by atoms with E-state index in [9.17, 15) is 5.26 Å². The highest BCUT2D eigenvalue weighted by Crippen LogP contribution is 2.27. The van der Waals surface area contributed by atoms with Gasteiger partial charge >= 0.3 is 0 Å². The Labute approximate surface area is 136 Å². The summed E-state index contributed by atoms with van der Waals surface area (Å²) in [5, 5.41) is 9.23. The highest BCUT2D eigenvalue weighted by atomic mass is 16.5. The van der Waals surface area contributed by atoms with Crippen molar-refractivity contribution in [1.29, 1.82) is 5.26 Å². The molecule has 2 aromatic rings. The molecule has 2 heterocycles. The molecule has 0 atom stereocenters. The minimum Gasteiger partial charge on any atom is -0.437 e. The lowest BCUT2D eigenvalue weighted by molar-refractivity contribution is 0.0339. The maximum absolute atomic E-state index is 9.23. The van der Waals surface area contributed by atoms with Crippen LogP contribution in [-0.2, 0) is 11.3 Å². The molecule has 118 valence electrons. The third kappa shape index (κ3) is 3.86. The second kappa shape index (κ2) is 7.23. The summed E-state index contributed by atoms with van der Waals surface area (Å²) < 4.78 is 11.4. The van der Waals surface area contributed by atoms with Crippen LogP contribution in [0.4, 0.5) is 0 Å². The quantitative estimate of drug-likeness (QED) is 0.869. The Bertz CT molecular complexity index is 718. The fourth-order valence-electron chi connectivity index (χ4n) is 2.53. The molecule has 0 bridgehead atoms. The Balaban J connectivity index is 1.83. The number of aromatic nitrogens is 1. The van der Waals surface area contributed by atoms with Crippen LogP contribution >= 0.6 is 0 Å². The molecule has 0 N–H and O–H groups in total. The molecule has 0 spiro atoms. The predicted molar refractivity (Wildman–Crippen MR) is 86.3 cm³/mol. The van der Waals surface area contributed by atoms with Gasteiger partial charge in [-0.25, -0.2) is 4.98 Å². The lowest BCUT2D eigenvalue weighted by Crippen LogP contribution is -2.35. The molecule has 0 aliphatic carbocycles. The lowest BCUT2D eigenvalue weighted by atomic mass is 10.2. The van der Waals surface area contributed by atoms with Crippen molar-refractivity contribution in [3.63, 3.8) is 0 Å². The zero-order chi connectivity index (χ0) is 16.1. The van der Waals surface area contributed by atoms with Gasteiger partial charge in [-0.3, -0.25) is 4.90 Å². The molecule has 1 aliphatic heterocycles. The first-order valence-electron chi connectivity index (χ1n) is 7.70. The number of hydrogen-bond acceptors (Lipinski definition) is 5. The van der Waals surface area contributed by atoms with Crippen LogP contribution in [0.3, 0.4) is 0 Å². The zero-order valence-corrected chi connectivity index (χ0v) is 13.2. The summed E-state index contributed by atoms with van der Waals surface area (Å²) in [6.07, 6.45) is 0. The van der Waals surface area contributed by atoms with Crippen molar-refractivity contribution in [2.75, 3.05) is 26.3 Å². The summed E-state index contributed by atoms with van der Waals surface area (Å²) in [6, 6.07) is 13.6. The second-order valence-electron chi connectivity index (χ2n) is 5.52. The molecule has 5 heteroatoms. The van der Waals surface area contributed by atoms with E-state index in [-0.39, 0.29) is 0 Å². The van der Waals surface area contributed by atoms with Crippen LogP contribution in [0.15, 0.2) is 36.4 Å². The van der Waals surface area contributed by atoms with Gasteiger partial charge in [0, 0.05) is 30.9 Å². The third-order valence-electron chi connectivity index (χ3n) is 3.80. The van der Waals surface area contributed by atoms with Crippen molar-refractivity contribution in [3.8, 4) is 17.7 Å². The van der Waals surface area contributed by atoms with Gasteiger partial charge in [0.25, 0.3) is 0 Å². The summed E-state index contributed by atoms with van der Waals surface area (Å²) in [5.41, 5.74) is 2.35. The van der Waals surface area contributed by atoms with Gasteiger partial charge in [0.1, 0.15) is 17.4 Å². The number of rotatable bonds is 4. The minimum atomic E-state index is 0.363. The molecular weight excluding hydrogens is 290 g/mol. The molecule has 1 fully saturated rings.